The van der Waals surface area contributed by atoms with Crippen molar-refractivity contribution in [3.05, 3.63) is 47.7 Å². The molecule has 1 amide bonds. The van der Waals surface area contributed by atoms with Crippen LogP contribution in [0.15, 0.2) is 30.5 Å². The topological polar surface area (TPSA) is 88.5 Å². The van der Waals surface area contributed by atoms with Crippen LogP contribution in [0, 0.1) is 5.82 Å². The number of carbonyl (C=O) groups excluding carboxylic acids is 1. The zero-order chi connectivity index (χ0) is 17.4. The van der Waals surface area contributed by atoms with Crippen molar-refractivity contribution in [3.63, 3.8) is 0 Å². The normalized spacial score (nSPS) is 13.8. The molecule has 2 N–H and O–H groups in total. The molecule has 0 aliphatic heterocycles. The average molecular weight is 340 g/mol. The molecule has 0 saturated heterocycles. The second-order valence-electron chi connectivity index (χ2n) is 6.06. The number of hydrogen-bond acceptors (Lipinski definition) is 4. The Morgan fingerprint density at radius 3 is 2.96 bits per heavy atom. The summed E-state index contributed by atoms with van der Waals surface area (Å²) in [5.41, 5.74) is 2.82. The molecule has 1 aromatic carbocycles. The molecule has 0 radical (unpaired) electrons. The fraction of sp³-hybridized carbons (Fsp3) is 0.294. The lowest BCUT2D eigenvalue weighted by atomic mass is 10.1. The molecule has 1 saturated carbocycles. The van der Waals surface area contributed by atoms with E-state index in [4.69, 9.17) is 0 Å². The maximum atomic E-state index is 13.6. The molecule has 0 unspecified atom stereocenters. The van der Waals surface area contributed by atoms with Crippen LogP contribution in [-0.4, -0.2) is 31.1 Å². The third-order valence-corrected chi connectivity index (χ3v) is 4.21. The number of aromatic nitrogens is 5. The minimum absolute atomic E-state index is 0.231. The maximum absolute atomic E-state index is 13.6. The van der Waals surface area contributed by atoms with Gasteiger partial charge >= 0.3 is 0 Å². The van der Waals surface area contributed by atoms with Crippen molar-refractivity contribution in [2.45, 2.75) is 32.2 Å². The molecule has 2 heterocycles. The molecule has 1 fully saturated rings. The summed E-state index contributed by atoms with van der Waals surface area (Å²) in [6.07, 6.45) is 3.67. The summed E-state index contributed by atoms with van der Waals surface area (Å²) in [7, 11) is 0. The number of benzene rings is 1. The van der Waals surface area contributed by atoms with Crippen LogP contribution < -0.4 is 5.32 Å². The summed E-state index contributed by atoms with van der Waals surface area (Å²) in [6.45, 7) is 2.55. The Bertz CT molecular complexity index is 927. The lowest BCUT2D eigenvalue weighted by Gasteiger charge is -2.07. The number of carbonyl (C=O) groups is 1. The molecule has 8 heteroatoms. The van der Waals surface area contributed by atoms with Crippen molar-refractivity contribution in [3.8, 4) is 11.3 Å². The summed E-state index contributed by atoms with van der Waals surface area (Å²) in [5.74, 6) is -0.367. The Morgan fingerprint density at radius 2 is 2.28 bits per heavy atom. The molecule has 0 atom stereocenters. The number of anilines is 1. The number of amides is 1. The van der Waals surface area contributed by atoms with E-state index in [0.29, 0.717) is 29.4 Å². The number of H-pyrrole nitrogens is 1. The predicted molar refractivity (Wildman–Crippen MR) is 89.6 cm³/mol. The Kier molecular flexibility index (Phi) is 3.79. The number of rotatable bonds is 5. The summed E-state index contributed by atoms with van der Waals surface area (Å²) >= 11 is 0. The average Bonchev–Trinajstić information content (AvgIpc) is 3.19. The van der Waals surface area contributed by atoms with Crippen molar-refractivity contribution in [1.29, 1.82) is 0 Å². The van der Waals surface area contributed by atoms with Crippen LogP contribution in [0.2, 0.25) is 0 Å². The first-order valence-electron chi connectivity index (χ1n) is 8.21. The lowest BCUT2D eigenvalue weighted by molar-refractivity contribution is 0.102. The van der Waals surface area contributed by atoms with Crippen molar-refractivity contribution >= 4 is 11.6 Å². The first kappa shape index (κ1) is 15.5. The number of halogens is 1. The zero-order valence-corrected chi connectivity index (χ0v) is 13.7. The van der Waals surface area contributed by atoms with Crippen LogP contribution in [0.1, 0.15) is 41.9 Å². The number of aryl methyl sites for hydroxylation is 1. The van der Waals surface area contributed by atoms with Gasteiger partial charge in [0.2, 0.25) is 0 Å². The van der Waals surface area contributed by atoms with Gasteiger partial charge in [0.05, 0.1) is 17.6 Å². The zero-order valence-electron chi connectivity index (χ0n) is 13.7. The van der Waals surface area contributed by atoms with E-state index in [0.717, 1.165) is 18.5 Å². The molecule has 2 aromatic heterocycles. The molecule has 3 aromatic rings. The van der Waals surface area contributed by atoms with E-state index in [1.54, 1.807) is 23.0 Å². The molecular weight excluding hydrogens is 323 g/mol. The van der Waals surface area contributed by atoms with Crippen LogP contribution in [0.3, 0.4) is 0 Å². The SMILES string of the molecule is CCn1cc(C(=O)Nc2c(-c3cccc(F)c3)n[nH]c2C2CC2)nn1. The van der Waals surface area contributed by atoms with Gasteiger partial charge in [-0.05, 0) is 31.9 Å². The minimum atomic E-state index is -0.361. The van der Waals surface area contributed by atoms with Crippen molar-refractivity contribution in [2.24, 2.45) is 0 Å². The van der Waals surface area contributed by atoms with Crippen molar-refractivity contribution in [1.82, 2.24) is 25.2 Å². The number of nitrogens with one attached hydrogen (secondary N) is 2. The van der Waals surface area contributed by atoms with Gasteiger partial charge in [0.25, 0.3) is 5.91 Å². The van der Waals surface area contributed by atoms with Gasteiger partial charge in [0.15, 0.2) is 5.69 Å². The van der Waals surface area contributed by atoms with Crippen LogP contribution in [0.25, 0.3) is 11.3 Å². The van der Waals surface area contributed by atoms with E-state index in [1.807, 2.05) is 6.92 Å². The molecule has 1 aliphatic carbocycles. The van der Waals surface area contributed by atoms with E-state index < -0.39 is 0 Å². The standard InChI is InChI=1S/C17H17FN6O/c1-2-24-9-13(20-23-24)17(25)19-16-14(10-6-7-10)21-22-15(16)11-4-3-5-12(18)8-11/h3-5,8-10H,2,6-7H2,1H3,(H,19,25)(H,21,22). The molecule has 7 nitrogen and oxygen atoms in total. The van der Waals surface area contributed by atoms with Gasteiger partial charge in [0, 0.05) is 18.0 Å². The monoisotopic (exact) mass is 340 g/mol. The van der Waals surface area contributed by atoms with Crippen molar-refractivity contribution in [2.75, 3.05) is 5.32 Å². The summed E-state index contributed by atoms with van der Waals surface area (Å²) in [4.78, 5) is 12.5. The Hall–Kier alpha value is -3.03. The third-order valence-electron chi connectivity index (χ3n) is 4.21. The highest BCUT2D eigenvalue weighted by Crippen LogP contribution is 2.45. The van der Waals surface area contributed by atoms with Gasteiger partial charge in [-0.25, -0.2) is 4.39 Å². The van der Waals surface area contributed by atoms with Gasteiger partial charge in [0.1, 0.15) is 11.5 Å². The molecule has 25 heavy (non-hydrogen) atoms. The smallest absolute Gasteiger partial charge is 0.277 e. The minimum Gasteiger partial charge on any atom is -0.317 e. The van der Waals surface area contributed by atoms with Crippen LogP contribution in [0.5, 0.6) is 0 Å². The number of hydrogen-bond donors (Lipinski definition) is 2. The van der Waals surface area contributed by atoms with E-state index in [2.05, 4.69) is 25.8 Å². The van der Waals surface area contributed by atoms with Gasteiger partial charge < -0.3 is 5.32 Å². The Labute approximate surface area is 143 Å². The molecule has 0 bridgehead atoms. The molecule has 4 rings (SSSR count). The Morgan fingerprint density at radius 1 is 1.44 bits per heavy atom. The summed E-state index contributed by atoms with van der Waals surface area (Å²) < 4.78 is 15.2. The second kappa shape index (κ2) is 6.12. The van der Waals surface area contributed by atoms with E-state index in [1.165, 1.54) is 12.1 Å². The van der Waals surface area contributed by atoms with Crippen LogP contribution >= 0.6 is 0 Å². The maximum Gasteiger partial charge on any atom is 0.277 e. The largest absolute Gasteiger partial charge is 0.317 e. The quantitative estimate of drug-likeness (QED) is 0.747. The van der Waals surface area contributed by atoms with Gasteiger partial charge in [-0.3, -0.25) is 14.6 Å². The third kappa shape index (κ3) is 3.02. The fourth-order valence-corrected chi connectivity index (χ4v) is 2.73. The first-order valence-corrected chi connectivity index (χ1v) is 8.21. The van der Waals surface area contributed by atoms with Crippen LogP contribution in [-0.2, 0) is 6.54 Å². The lowest BCUT2D eigenvalue weighted by Crippen LogP contribution is -2.14. The predicted octanol–water partition coefficient (Wildman–Crippen LogP) is 2.96. The summed E-state index contributed by atoms with van der Waals surface area (Å²) in [6, 6.07) is 6.16. The highest BCUT2D eigenvalue weighted by atomic mass is 19.1. The first-order chi connectivity index (χ1) is 12.2. The molecular formula is C17H17FN6O. The van der Waals surface area contributed by atoms with Crippen LogP contribution in [0.4, 0.5) is 10.1 Å². The van der Waals surface area contributed by atoms with Gasteiger partial charge in [-0.15, -0.1) is 5.10 Å². The molecule has 0 spiro atoms. The van der Waals surface area contributed by atoms with Crippen molar-refractivity contribution < 1.29 is 9.18 Å². The second-order valence-corrected chi connectivity index (χ2v) is 6.06. The molecule has 128 valence electrons. The van der Waals surface area contributed by atoms with Gasteiger partial charge in [-0.2, -0.15) is 5.10 Å². The van der Waals surface area contributed by atoms with E-state index in [-0.39, 0.29) is 17.4 Å². The van der Waals surface area contributed by atoms with Gasteiger partial charge in [-0.1, -0.05) is 17.3 Å². The Balaban J connectivity index is 1.69. The van der Waals surface area contributed by atoms with E-state index >= 15 is 0 Å². The summed E-state index contributed by atoms with van der Waals surface area (Å²) in [5, 5.41) is 18.0. The highest BCUT2D eigenvalue weighted by Gasteiger charge is 2.31. The van der Waals surface area contributed by atoms with E-state index in [9.17, 15) is 9.18 Å². The molecule has 1 aliphatic rings. The number of nitrogens with zero attached hydrogens (tertiary/aromatic N) is 4. The highest BCUT2D eigenvalue weighted by molar-refractivity contribution is 6.05. The number of aromatic amines is 1. The fourth-order valence-electron chi connectivity index (χ4n) is 2.73.